The summed E-state index contributed by atoms with van der Waals surface area (Å²) in [4.78, 5) is 21.0. The molecule has 29 heavy (non-hydrogen) atoms. The van der Waals surface area contributed by atoms with Crippen LogP contribution in [0, 0.1) is 19.7 Å². The van der Waals surface area contributed by atoms with Gasteiger partial charge in [0.2, 0.25) is 11.7 Å². The molecule has 0 saturated carbocycles. The van der Waals surface area contributed by atoms with Crippen molar-refractivity contribution in [1.82, 2.24) is 19.9 Å². The van der Waals surface area contributed by atoms with Crippen molar-refractivity contribution in [2.75, 3.05) is 26.2 Å². The van der Waals surface area contributed by atoms with Crippen LogP contribution in [0.3, 0.4) is 0 Å². The number of amides is 1. The van der Waals surface area contributed by atoms with Crippen LogP contribution in [0.2, 0.25) is 0 Å². The van der Waals surface area contributed by atoms with Gasteiger partial charge in [-0.1, -0.05) is 41.1 Å². The highest BCUT2D eigenvalue weighted by Crippen LogP contribution is 2.18. The summed E-state index contributed by atoms with van der Waals surface area (Å²) in [5.41, 5.74) is 3.03. The van der Waals surface area contributed by atoms with Crippen LogP contribution < -0.4 is 0 Å². The van der Waals surface area contributed by atoms with E-state index >= 15 is 0 Å². The number of carbonyl (C=O) groups excluding carboxylic acids is 1. The average molecular weight is 394 g/mol. The maximum atomic E-state index is 13.8. The monoisotopic (exact) mass is 394 g/mol. The Labute approximate surface area is 168 Å². The molecule has 2 heterocycles. The van der Waals surface area contributed by atoms with Gasteiger partial charge in [-0.25, -0.2) is 4.39 Å². The van der Waals surface area contributed by atoms with Crippen molar-refractivity contribution in [3.05, 3.63) is 70.9 Å². The van der Waals surface area contributed by atoms with Gasteiger partial charge in [0.05, 0.1) is 6.54 Å². The van der Waals surface area contributed by atoms with Crippen molar-refractivity contribution in [2.45, 2.75) is 20.4 Å². The van der Waals surface area contributed by atoms with Crippen molar-refractivity contribution in [1.29, 1.82) is 0 Å². The minimum atomic E-state index is -0.352. The van der Waals surface area contributed by atoms with Gasteiger partial charge in [0, 0.05) is 37.3 Å². The zero-order valence-corrected chi connectivity index (χ0v) is 16.6. The second-order valence-electron chi connectivity index (χ2n) is 7.41. The number of aromatic nitrogens is 2. The molecule has 0 aliphatic carbocycles. The smallest absolute Gasteiger partial charge is 0.254 e. The highest BCUT2D eigenvalue weighted by Gasteiger charge is 2.24. The molecule has 2 aromatic carbocycles. The first-order valence-electron chi connectivity index (χ1n) is 9.67. The molecule has 1 aromatic heterocycles. The van der Waals surface area contributed by atoms with Crippen LogP contribution in [0.1, 0.15) is 27.4 Å². The molecule has 150 valence electrons. The van der Waals surface area contributed by atoms with Gasteiger partial charge in [0.25, 0.3) is 5.91 Å². The maximum Gasteiger partial charge on any atom is 0.254 e. The highest BCUT2D eigenvalue weighted by molar-refractivity contribution is 5.94. The number of carbonyl (C=O) groups is 1. The lowest BCUT2D eigenvalue weighted by atomic mass is 10.1. The van der Waals surface area contributed by atoms with Gasteiger partial charge in [0.15, 0.2) is 0 Å². The Morgan fingerprint density at radius 1 is 1.07 bits per heavy atom. The lowest BCUT2D eigenvalue weighted by Crippen LogP contribution is -2.48. The standard InChI is InChI=1S/C22H23FN4O2/c1-15-3-6-17(7-4-15)21-24-20(29-25-21)14-26-9-11-27(12-10-26)22(28)18-8-5-16(2)19(23)13-18/h3-8,13H,9-12,14H2,1-2H3. The number of piperazine rings is 1. The number of benzene rings is 2. The molecule has 0 N–H and O–H groups in total. The molecular formula is C22H23FN4O2. The van der Waals surface area contributed by atoms with Crippen molar-refractivity contribution in [3.63, 3.8) is 0 Å². The van der Waals surface area contributed by atoms with Crippen LogP contribution >= 0.6 is 0 Å². The van der Waals surface area contributed by atoms with Crippen LogP contribution in [0.25, 0.3) is 11.4 Å². The second kappa shape index (κ2) is 8.13. The molecule has 0 atom stereocenters. The molecule has 1 aliphatic heterocycles. The van der Waals surface area contributed by atoms with Gasteiger partial charge in [-0.2, -0.15) is 4.98 Å². The Balaban J connectivity index is 1.33. The van der Waals surface area contributed by atoms with Gasteiger partial charge < -0.3 is 9.42 Å². The third-order valence-corrected chi connectivity index (χ3v) is 5.22. The molecule has 0 unspecified atom stereocenters. The molecule has 3 aromatic rings. The van der Waals surface area contributed by atoms with Crippen LogP contribution in [0.5, 0.6) is 0 Å². The molecule has 0 radical (unpaired) electrons. The topological polar surface area (TPSA) is 62.5 Å². The molecule has 7 heteroatoms. The lowest BCUT2D eigenvalue weighted by Gasteiger charge is -2.34. The Morgan fingerprint density at radius 3 is 2.48 bits per heavy atom. The number of aryl methyl sites for hydroxylation is 2. The molecule has 1 aliphatic rings. The summed E-state index contributed by atoms with van der Waals surface area (Å²) in [6, 6.07) is 12.6. The van der Waals surface area contributed by atoms with E-state index in [1.165, 1.54) is 11.6 Å². The molecule has 4 rings (SSSR count). The Morgan fingerprint density at radius 2 is 1.79 bits per heavy atom. The molecule has 1 fully saturated rings. The van der Waals surface area contributed by atoms with Gasteiger partial charge in [-0.3, -0.25) is 9.69 Å². The summed E-state index contributed by atoms with van der Waals surface area (Å²) in [5.74, 6) is 0.648. The first kappa shape index (κ1) is 19.3. The molecular weight excluding hydrogens is 371 g/mol. The summed E-state index contributed by atoms with van der Waals surface area (Å²) < 4.78 is 19.1. The lowest BCUT2D eigenvalue weighted by molar-refractivity contribution is 0.0614. The van der Waals surface area contributed by atoms with E-state index in [-0.39, 0.29) is 11.7 Å². The third kappa shape index (κ3) is 4.35. The first-order chi connectivity index (χ1) is 14.0. The fraction of sp³-hybridized carbons (Fsp3) is 0.318. The number of halogens is 1. The summed E-state index contributed by atoms with van der Waals surface area (Å²) >= 11 is 0. The zero-order chi connectivity index (χ0) is 20.4. The van der Waals surface area contributed by atoms with Crippen LogP contribution in [-0.4, -0.2) is 52.0 Å². The first-order valence-corrected chi connectivity index (χ1v) is 9.67. The van der Waals surface area contributed by atoms with E-state index in [2.05, 4.69) is 15.0 Å². The fourth-order valence-corrected chi connectivity index (χ4v) is 3.35. The van der Waals surface area contributed by atoms with Crippen molar-refractivity contribution in [2.24, 2.45) is 0 Å². The molecule has 0 bridgehead atoms. The van der Waals surface area contributed by atoms with Crippen LogP contribution in [0.15, 0.2) is 47.0 Å². The van der Waals surface area contributed by atoms with E-state index in [9.17, 15) is 9.18 Å². The van der Waals surface area contributed by atoms with Gasteiger partial charge in [-0.05, 0) is 31.5 Å². The Hall–Kier alpha value is -3.06. The predicted molar refractivity (Wildman–Crippen MR) is 107 cm³/mol. The van der Waals surface area contributed by atoms with Gasteiger partial charge >= 0.3 is 0 Å². The van der Waals surface area contributed by atoms with E-state index < -0.39 is 0 Å². The Kier molecular flexibility index (Phi) is 5.40. The maximum absolute atomic E-state index is 13.8. The van der Waals surface area contributed by atoms with E-state index in [1.54, 1.807) is 24.0 Å². The SMILES string of the molecule is Cc1ccc(-c2noc(CN3CCN(C(=O)c4ccc(C)c(F)c4)CC3)n2)cc1. The zero-order valence-electron chi connectivity index (χ0n) is 16.6. The van der Waals surface area contributed by atoms with Crippen LogP contribution in [-0.2, 0) is 6.54 Å². The number of hydrogen-bond acceptors (Lipinski definition) is 5. The second-order valence-corrected chi connectivity index (χ2v) is 7.41. The summed E-state index contributed by atoms with van der Waals surface area (Å²) in [6.45, 7) is 6.81. The fourth-order valence-electron chi connectivity index (χ4n) is 3.35. The average Bonchev–Trinajstić information content (AvgIpc) is 3.19. The minimum absolute atomic E-state index is 0.136. The van der Waals surface area contributed by atoms with Crippen molar-refractivity contribution >= 4 is 5.91 Å². The third-order valence-electron chi connectivity index (χ3n) is 5.22. The van der Waals surface area contributed by atoms with E-state index in [0.29, 0.717) is 55.6 Å². The largest absolute Gasteiger partial charge is 0.338 e. The quantitative estimate of drug-likeness (QED) is 0.678. The number of hydrogen-bond donors (Lipinski definition) is 0. The predicted octanol–water partition coefficient (Wildman–Crippen LogP) is 3.45. The van der Waals surface area contributed by atoms with E-state index in [1.807, 2.05) is 31.2 Å². The number of nitrogens with zero attached hydrogens (tertiary/aromatic N) is 4. The molecule has 1 amide bonds. The molecule has 6 nitrogen and oxygen atoms in total. The summed E-state index contributed by atoms with van der Waals surface area (Å²) in [5, 5.41) is 4.07. The van der Waals surface area contributed by atoms with Gasteiger partial charge in [0.1, 0.15) is 5.82 Å². The highest BCUT2D eigenvalue weighted by atomic mass is 19.1. The normalized spacial score (nSPS) is 14.9. The van der Waals surface area contributed by atoms with Crippen molar-refractivity contribution < 1.29 is 13.7 Å². The number of rotatable bonds is 4. The van der Waals surface area contributed by atoms with Crippen LogP contribution in [0.4, 0.5) is 4.39 Å². The Bertz CT molecular complexity index is 1010. The van der Waals surface area contributed by atoms with Crippen molar-refractivity contribution in [3.8, 4) is 11.4 Å². The summed E-state index contributed by atoms with van der Waals surface area (Å²) in [7, 11) is 0. The molecule has 0 spiro atoms. The van der Waals surface area contributed by atoms with Gasteiger partial charge in [-0.15, -0.1) is 0 Å². The minimum Gasteiger partial charge on any atom is -0.338 e. The van der Waals surface area contributed by atoms with E-state index in [0.717, 1.165) is 5.56 Å². The molecule has 1 saturated heterocycles. The summed E-state index contributed by atoms with van der Waals surface area (Å²) in [6.07, 6.45) is 0. The van der Waals surface area contributed by atoms with E-state index in [4.69, 9.17) is 4.52 Å².